The molecule has 134 valence electrons. The monoisotopic (exact) mass is 362 g/mol. The van der Waals surface area contributed by atoms with Gasteiger partial charge in [0.15, 0.2) is 0 Å². The van der Waals surface area contributed by atoms with E-state index < -0.39 is 0 Å². The van der Waals surface area contributed by atoms with Gasteiger partial charge in [-0.2, -0.15) is 0 Å². The Labute approximate surface area is 152 Å². The SMILES string of the molecule is CCc1cc(=O)[nH]c(-c2cccc(NC(=O)CNCC3CC3)c2)n1.Cl. The lowest BCUT2D eigenvalue weighted by molar-refractivity contribution is -0.115. The molecule has 0 bridgehead atoms. The standard InChI is InChI=1S/C18H22N4O2.ClH/c1-2-14-9-16(23)22-18(21-14)13-4-3-5-15(8-13)20-17(24)11-19-10-12-6-7-12;/h3-5,8-9,12,19H,2,6-7,10-11H2,1H3,(H,20,24)(H,21,22,23);1H. The van der Waals surface area contributed by atoms with Crippen LogP contribution in [0.25, 0.3) is 11.4 Å². The number of amides is 1. The highest BCUT2D eigenvalue weighted by Crippen LogP contribution is 2.27. The van der Waals surface area contributed by atoms with Crippen molar-refractivity contribution in [2.24, 2.45) is 5.92 Å². The number of hydrogen-bond acceptors (Lipinski definition) is 4. The van der Waals surface area contributed by atoms with E-state index in [-0.39, 0.29) is 23.9 Å². The van der Waals surface area contributed by atoms with Crippen molar-refractivity contribution in [3.05, 3.63) is 46.4 Å². The zero-order valence-electron chi connectivity index (χ0n) is 14.2. The maximum absolute atomic E-state index is 12.0. The number of halogens is 1. The number of anilines is 1. The van der Waals surface area contributed by atoms with Crippen molar-refractivity contribution in [2.75, 3.05) is 18.4 Å². The van der Waals surface area contributed by atoms with Gasteiger partial charge >= 0.3 is 0 Å². The fourth-order valence-corrected chi connectivity index (χ4v) is 2.49. The Morgan fingerprint density at radius 2 is 2.12 bits per heavy atom. The highest BCUT2D eigenvalue weighted by atomic mass is 35.5. The number of nitrogens with zero attached hydrogens (tertiary/aromatic N) is 1. The van der Waals surface area contributed by atoms with Crippen LogP contribution in [0.3, 0.4) is 0 Å². The van der Waals surface area contributed by atoms with Crippen molar-refractivity contribution in [3.63, 3.8) is 0 Å². The Morgan fingerprint density at radius 1 is 1.32 bits per heavy atom. The zero-order chi connectivity index (χ0) is 16.9. The van der Waals surface area contributed by atoms with Crippen LogP contribution in [0.4, 0.5) is 5.69 Å². The summed E-state index contributed by atoms with van der Waals surface area (Å²) in [7, 11) is 0. The summed E-state index contributed by atoms with van der Waals surface area (Å²) in [6, 6.07) is 8.83. The van der Waals surface area contributed by atoms with Gasteiger partial charge in [-0.25, -0.2) is 4.98 Å². The van der Waals surface area contributed by atoms with E-state index in [0.717, 1.165) is 23.7 Å². The van der Waals surface area contributed by atoms with Crippen molar-refractivity contribution in [3.8, 4) is 11.4 Å². The predicted octanol–water partition coefficient (Wildman–Crippen LogP) is 2.36. The van der Waals surface area contributed by atoms with E-state index in [4.69, 9.17) is 0 Å². The van der Waals surface area contributed by atoms with Gasteiger partial charge in [0.05, 0.1) is 6.54 Å². The summed E-state index contributed by atoms with van der Waals surface area (Å²) in [6.07, 6.45) is 3.22. The van der Waals surface area contributed by atoms with Crippen LogP contribution in [0.15, 0.2) is 35.1 Å². The maximum atomic E-state index is 12.0. The summed E-state index contributed by atoms with van der Waals surface area (Å²) in [4.78, 5) is 30.9. The molecule has 1 amide bonds. The fourth-order valence-electron chi connectivity index (χ4n) is 2.49. The number of carbonyl (C=O) groups excluding carboxylic acids is 1. The number of rotatable bonds is 7. The highest BCUT2D eigenvalue weighted by molar-refractivity contribution is 5.92. The molecule has 3 N–H and O–H groups in total. The lowest BCUT2D eigenvalue weighted by Crippen LogP contribution is -2.29. The van der Waals surface area contributed by atoms with Crippen molar-refractivity contribution in [1.29, 1.82) is 0 Å². The average Bonchev–Trinajstić information content (AvgIpc) is 3.39. The van der Waals surface area contributed by atoms with Gasteiger partial charge < -0.3 is 15.6 Å². The Balaban J connectivity index is 0.00000225. The molecule has 0 spiro atoms. The second-order valence-corrected chi connectivity index (χ2v) is 6.14. The fraction of sp³-hybridized carbons (Fsp3) is 0.389. The number of benzene rings is 1. The van der Waals surface area contributed by atoms with E-state index in [2.05, 4.69) is 20.6 Å². The van der Waals surface area contributed by atoms with Crippen molar-refractivity contribution in [1.82, 2.24) is 15.3 Å². The summed E-state index contributed by atoms with van der Waals surface area (Å²) in [5.74, 6) is 1.19. The van der Waals surface area contributed by atoms with Gasteiger partial charge in [-0.1, -0.05) is 19.1 Å². The smallest absolute Gasteiger partial charge is 0.251 e. The van der Waals surface area contributed by atoms with Gasteiger partial charge in [0, 0.05) is 23.0 Å². The Hall–Kier alpha value is -2.18. The van der Waals surface area contributed by atoms with Gasteiger partial charge in [-0.05, 0) is 43.9 Å². The molecule has 7 heteroatoms. The van der Waals surface area contributed by atoms with Crippen molar-refractivity contribution < 1.29 is 4.79 Å². The molecule has 0 atom stereocenters. The van der Waals surface area contributed by atoms with E-state index in [1.54, 1.807) is 0 Å². The lowest BCUT2D eigenvalue weighted by atomic mass is 10.1. The van der Waals surface area contributed by atoms with Crippen LogP contribution in [0.5, 0.6) is 0 Å². The van der Waals surface area contributed by atoms with Crippen LogP contribution in [-0.2, 0) is 11.2 Å². The van der Waals surface area contributed by atoms with E-state index in [0.29, 0.717) is 24.5 Å². The van der Waals surface area contributed by atoms with Gasteiger partial charge in [-0.15, -0.1) is 12.4 Å². The molecular formula is C18H23ClN4O2. The van der Waals surface area contributed by atoms with Crippen LogP contribution in [0, 0.1) is 5.92 Å². The molecule has 3 rings (SSSR count). The van der Waals surface area contributed by atoms with E-state index in [1.807, 2.05) is 31.2 Å². The van der Waals surface area contributed by atoms with Crippen LogP contribution in [-0.4, -0.2) is 29.0 Å². The Morgan fingerprint density at radius 3 is 2.84 bits per heavy atom. The number of aryl methyl sites for hydroxylation is 1. The number of carbonyl (C=O) groups is 1. The average molecular weight is 363 g/mol. The number of aromatic nitrogens is 2. The number of H-pyrrole nitrogens is 1. The molecule has 1 saturated carbocycles. The second kappa shape index (κ2) is 8.78. The molecule has 1 aliphatic rings. The molecule has 2 aromatic rings. The number of hydrogen-bond donors (Lipinski definition) is 3. The summed E-state index contributed by atoms with van der Waals surface area (Å²) in [6.45, 7) is 3.17. The largest absolute Gasteiger partial charge is 0.325 e. The minimum absolute atomic E-state index is 0. The molecule has 0 radical (unpaired) electrons. The predicted molar refractivity (Wildman–Crippen MR) is 101 cm³/mol. The van der Waals surface area contributed by atoms with Crippen LogP contribution < -0.4 is 16.2 Å². The maximum Gasteiger partial charge on any atom is 0.251 e. The molecular weight excluding hydrogens is 340 g/mol. The first-order valence-electron chi connectivity index (χ1n) is 8.35. The number of nitrogens with one attached hydrogen (secondary N) is 3. The van der Waals surface area contributed by atoms with E-state index in [9.17, 15) is 9.59 Å². The molecule has 0 saturated heterocycles. The summed E-state index contributed by atoms with van der Waals surface area (Å²) in [5, 5.41) is 6.03. The van der Waals surface area contributed by atoms with Gasteiger partial charge in [0.25, 0.3) is 5.56 Å². The first-order chi connectivity index (χ1) is 11.6. The first kappa shape index (κ1) is 19.1. The van der Waals surface area contributed by atoms with Gasteiger partial charge in [0.2, 0.25) is 5.91 Å². The van der Waals surface area contributed by atoms with Crippen LogP contribution in [0.1, 0.15) is 25.5 Å². The molecule has 1 fully saturated rings. The molecule has 1 aromatic carbocycles. The minimum Gasteiger partial charge on any atom is -0.325 e. The highest BCUT2D eigenvalue weighted by Gasteiger charge is 2.20. The summed E-state index contributed by atoms with van der Waals surface area (Å²) < 4.78 is 0. The third-order valence-electron chi connectivity index (χ3n) is 3.99. The zero-order valence-corrected chi connectivity index (χ0v) is 15.0. The second-order valence-electron chi connectivity index (χ2n) is 6.14. The molecule has 0 aliphatic heterocycles. The quantitative estimate of drug-likeness (QED) is 0.705. The summed E-state index contributed by atoms with van der Waals surface area (Å²) in [5.41, 5.74) is 2.03. The normalized spacial score (nSPS) is 13.2. The van der Waals surface area contributed by atoms with Crippen LogP contribution in [0.2, 0.25) is 0 Å². The molecule has 1 aliphatic carbocycles. The molecule has 0 unspecified atom stereocenters. The van der Waals surface area contributed by atoms with Crippen molar-refractivity contribution in [2.45, 2.75) is 26.2 Å². The third kappa shape index (κ3) is 5.69. The number of aromatic amines is 1. The lowest BCUT2D eigenvalue weighted by Gasteiger charge is -2.08. The molecule has 25 heavy (non-hydrogen) atoms. The topological polar surface area (TPSA) is 86.9 Å². The van der Waals surface area contributed by atoms with Gasteiger partial charge in [-0.3, -0.25) is 9.59 Å². The summed E-state index contributed by atoms with van der Waals surface area (Å²) >= 11 is 0. The molecule has 1 aromatic heterocycles. The van der Waals surface area contributed by atoms with E-state index >= 15 is 0 Å². The third-order valence-corrected chi connectivity index (χ3v) is 3.99. The molecule has 6 nitrogen and oxygen atoms in total. The van der Waals surface area contributed by atoms with Gasteiger partial charge in [0.1, 0.15) is 5.82 Å². The Bertz CT molecular complexity index is 787. The van der Waals surface area contributed by atoms with Crippen LogP contribution >= 0.6 is 12.4 Å². The minimum atomic E-state index is -0.171. The molecule has 1 heterocycles. The van der Waals surface area contributed by atoms with E-state index in [1.165, 1.54) is 18.9 Å². The Kier molecular flexibility index (Phi) is 6.73. The first-order valence-corrected chi connectivity index (χ1v) is 8.35. The van der Waals surface area contributed by atoms with Crippen molar-refractivity contribution >= 4 is 24.0 Å².